The van der Waals surface area contributed by atoms with Crippen LogP contribution >= 0.6 is 0 Å². The Hall–Kier alpha value is -4.03. The molecule has 2 aromatic heterocycles. The molecule has 2 heterocycles. The highest BCUT2D eigenvalue weighted by molar-refractivity contribution is 7.96. The van der Waals surface area contributed by atoms with Gasteiger partial charge in [0.05, 0.1) is 21.0 Å². The van der Waals surface area contributed by atoms with E-state index in [1.807, 2.05) is 6.92 Å². The van der Waals surface area contributed by atoms with Crippen LogP contribution in [0, 0.1) is 18.8 Å². The molecular weight excluding hydrogens is 426 g/mol. The molecule has 3 rings (SSSR count). The highest BCUT2D eigenvalue weighted by atomic mass is 32.2. The number of nitrogens with zero attached hydrogens (tertiary/aromatic N) is 4. The summed E-state index contributed by atoms with van der Waals surface area (Å²) in [6, 6.07) is 10.3. The Morgan fingerprint density at radius 1 is 1.19 bits per heavy atom. The summed E-state index contributed by atoms with van der Waals surface area (Å²) in [6.07, 6.45) is 4.18. The minimum absolute atomic E-state index is 0.181. The molecule has 0 spiro atoms. The topological polar surface area (TPSA) is 106 Å². The normalized spacial score (nSPS) is 12.1. The van der Waals surface area contributed by atoms with Crippen molar-refractivity contribution in [1.29, 1.82) is 0 Å². The Bertz CT molecular complexity index is 1400. The van der Waals surface area contributed by atoms with E-state index in [4.69, 9.17) is 0 Å². The summed E-state index contributed by atoms with van der Waals surface area (Å²) in [5, 5.41) is 8.15. The second-order valence-corrected chi connectivity index (χ2v) is 9.20. The van der Waals surface area contributed by atoms with Crippen molar-refractivity contribution in [2.45, 2.75) is 6.92 Å². The van der Waals surface area contributed by atoms with Crippen LogP contribution in [0.15, 0.2) is 65.1 Å². The van der Waals surface area contributed by atoms with Gasteiger partial charge in [-0.2, -0.15) is 9.46 Å². The number of carbonyl (C=O) groups is 2. The molecule has 1 N–H and O–H groups in total. The molecule has 32 heavy (non-hydrogen) atoms. The molecule has 162 valence electrons. The van der Waals surface area contributed by atoms with E-state index in [1.165, 1.54) is 29.4 Å². The van der Waals surface area contributed by atoms with E-state index in [0.717, 1.165) is 11.1 Å². The number of hydrogen-bond donors (Lipinski definition) is 1. The molecule has 0 aliphatic rings. The molecule has 0 radical (unpaired) electrons. The molecule has 1 aromatic carbocycles. The molecule has 3 aromatic rings. The standard InChI is InChI=1S/C23H21N5O3S/c1-5-32(4,31)27-22(29)19-12-18(14-24-15-19)10-9-17-7-6-8-20(13-17)25-23(30)21-11-16(2)26-28(21)3/h5-8,11-15H,1H2,2-4H3,(H,25,30)/t32-/m0/s1. The van der Waals surface area contributed by atoms with E-state index in [0.29, 0.717) is 22.5 Å². The molecule has 0 unspecified atom stereocenters. The lowest BCUT2D eigenvalue weighted by molar-refractivity contribution is 0.0999. The van der Waals surface area contributed by atoms with E-state index < -0.39 is 15.6 Å². The summed E-state index contributed by atoms with van der Waals surface area (Å²) >= 11 is 0. The van der Waals surface area contributed by atoms with Crippen LogP contribution in [0.2, 0.25) is 0 Å². The van der Waals surface area contributed by atoms with Crippen LogP contribution in [0.25, 0.3) is 0 Å². The van der Waals surface area contributed by atoms with Gasteiger partial charge in [0, 0.05) is 47.9 Å². The van der Waals surface area contributed by atoms with Crippen molar-refractivity contribution in [3.8, 4) is 11.8 Å². The summed E-state index contributed by atoms with van der Waals surface area (Å²) in [6.45, 7) is 5.24. The number of carbonyl (C=O) groups excluding carboxylic acids is 2. The molecule has 0 aliphatic carbocycles. The highest BCUT2D eigenvalue weighted by Crippen LogP contribution is 2.13. The van der Waals surface area contributed by atoms with Crippen LogP contribution in [0.4, 0.5) is 5.69 Å². The average Bonchev–Trinajstić information content (AvgIpc) is 3.10. The van der Waals surface area contributed by atoms with Gasteiger partial charge in [0.2, 0.25) is 0 Å². The molecule has 9 heteroatoms. The summed E-state index contributed by atoms with van der Waals surface area (Å²) in [7, 11) is -1.08. The van der Waals surface area contributed by atoms with Crippen molar-refractivity contribution in [1.82, 2.24) is 14.8 Å². The second-order valence-electron chi connectivity index (χ2n) is 6.97. The molecular formula is C23H21N5O3S. The lowest BCUT2D eigenvalue weighted by Crippen LogP contribution is -2.16. The van der Waals surface area contributed by atoms with Gasteiger partial charge < -0.3 is 5.32 Å². The van der Waals surface area contributed by atoms with E-state index >= 15 is 0 Å². The van der Waals surface area contributed by atoms with Gasteiger partial charge >= 0.3 is 0 Å². The van der Waals surface area contributed by atoms with E-state index in [-0.39, 0.29) is 11.5 Å². The fourth-order valence-electron chi connectivity index (χ4n) is 2.72. The maximum atomic E-state index is 12.5. The first-order valence-corrected chi connectivity index (χ1v) is 11.4. The fraction of sp³-hybridized carbons (Fsp3) is 0.130. The lowest BCUT2D eigenvalue weighted by Gasteiger charge is -2.05. The van der Waals surface area contributed by atoms with Crippen molar-refractivity contribution in [2.75, 3.05) is 11.6 Å². The smallest absolute Gasteiger partial charge is 0.286 e. The van der Waals surface area contributed by atoms with Crippen molar-refractivity contribution in [2.24, 2.45) is 11.4 Å². The zero-order valence-corrected chi connectivity index (χ0v) is 18.6. The fourth-order valence-corrected chi connectivity index (χ4v) is 3.23. The first-order valence-electron chi connectivity index (χ1n) is 9.45. The summed E-state index contributed by atoms with van der Waals surface area (Å²) in [5.74, 6) is 4.99. The number of hydrogen-bond acceptors (Lipinski definition) is 5. The first kappa shape index (κ1) is 22.7. The maximum Gasteiger partial charge on any atom is 0.286 e. The monoisotopic (exact) mass is 447 g/mol. The van der Waals surface area contributed by atoms with E-state index in [9.17, 15) is 13.8 Å². The number of benzene rings is 1. The Kier molecular flexibility index (Phi) is 6.66. The van der Waals surface area contributed by atoms with Gasteiger partial charge in [-0.1, -0.05) is 24.5 Å². The Morgan fingerprint density at radius 3 is 2.62 bits per heavy atom. The van der Waals surface area contributed by atoms with Crippen molar-refractivity contribution in [3.63, 3.8) is 0 Å². The van der Waals surface area contributed by atoms with Crippen LogP contribution in [-0.4, -0.2) is 37.0 Å². The van der Waals surface area contributed by atoms with Gasteiger partial charge in [-0.3, -0.25) is 19.3 Å². The van der Waals surface area contributed by atoms with Gasteiger partial charge in [-0.05, 0) is 37.3 Å². The largest absolute Gasteiger partial charge is 0.321 e. The van der Waals surface area contributed by atoms with E-state index in [2.05, 4.69) is 38.2 Å². The third kappa shape index (κ3) is 5.77. The molecule has 0 bridgehead atoms. The van der Waals surface area contributed by atoms with Crippen molar-refractivity contribution >= 4 is 27.2 Å². The number of aryl methyl sites for hydroxylation is 2. The van der Waals surface area contributed by atoms with Crippen LogP contribution in [-0.2, 0) is 16.8 Å². The molecule has 0 fully saturated rings. The zero-order chi connectivity index (χ0) is 23.3. The number of nitrogens with one attached hydrogen (secondary N) is 1. The Morgan fingerprint density at radius 2 is 1.94 bits per heavy atom. The molecule has 0 aliphatic heterocycles. The molecule has 1 atom stereocenters. The Balaban J connectivity index is 1.79. The minimum Gasteiger partial charge on any atom is -0.321 e. The van der Waals surface area contributed by atoms with Gasteiger partial charge in [0.25, 0.3) is 11.8 Å². The predicted octanol–water partition coefficient (Wildman–Crippen LogP) is 3.16. The summed E-state index contributed by atoms with van der Waals surface area (Å²) in [5.41, 5.74) is 3.12. The number of pyridine rings is 1. The number of rotatable bonds is 4. The van der Waals surface area contributed by atoms with Crippen LogP contribution < -0.4 is 5.32 Å². The number of anilines is 1. The van der Waals surface area contributed by atoms with Gasteiger partial charge in [0.15, 0.2) is 0 Å². The summed E-state index contributed by atoms with van der Waals surface area (Å²) < 4.78 is 17.2. The first-order chi connectivity index (χ1) is 15.2. The molecule has 8 nitrogen and oxygen atoms in total. The summed E-state index contributed by atoms with van der Waals surface area (Å²) in [4.78, 5) is 28.7. The second kappa shape index (κ2) is 9.41. The van der Waals surface area contributed by atoms with E-state index in [1.54, 1.807) is 37.4 Å². The molecule has 2 amide bonds. The maximum absolute atomic E-state index is 12.5. The van der Waals surface area contributed by atoms with Crippen LogP contribution in [0.1, 0.15) is 37.7 Å². The quantitative estimate of drug-likeness (QED) is 0.619. The third-order valence-corrected chi connectivity index (χ3v) is 5.41. The predicted molar refractivity (Wildman–Crippen MR) is 124 cm³/mol. The average molecular weight is 448 g/mol. The van der Waals surface area contributed by atoms with Gasteiger partial charge in [-0.25, -0.2) is 4.21 Å². The van der Waals surface area contributed by atoms with Gasteiger partial charge in [-0.15, -0.1) is 0 Å². The molecule has 0 saturated heterocycles. The van der Waals surface area contributed by atoms with Crippen molar-refractivity contribution < 1.29 is 13.8 Å². The number of amides is 2. The highest BCUT2D eigenvalue weighted by Gasteiger charge is 2.12. The van der Waals surface area contributed by atoms with Crippen LogP contribution in [0.5, 0.6) is 0 Å². The minimum atomic E-state index is -2.79. The molecule has 0 saturated carbocycles. The lowest BCUT2D eigenvalue weighted by atomic mass is 10.1. The SMILES string of the molecule is C=C[S@](C)(=O)=NC(=O)c1cncc(C#Cc2cccc(NC(=O)c3cc(C)nn3C)c2)c1. The number of aromatic nitrogens is 3. The van der Waals surface area contributed by atoms with Crippen molar-refractivity contribution in [3.05, 3.63) is 88.9 Å². The van der Waals surface area contributed by atoms with Crippen LogP contribution in [0.3, 0.4) is 0 Å². The zero-order valence-electron chi connectivity index (χ0n) is 17.8. The van der Waals surface area contributed by atoms with Gasteiger partial charge in [0.1, 0.15) is 5.69 Å². The Labute approximate surface area is 186 Å². The third-order valence-electron chi connectivity index (χ3n) is 4.26.